The largest absolute Gasteiger partial charge is 0.399 e. The van der Waals surface area contributed by atoms with Gasteiger partial charge in [-0.05, 0) is 24.3 Å². The van der Waals surface area contributed by atoms with Crippen LogP contribution in [0.25, 0.3) is 11.1 Å². The molecule has 1 aromatic heterocycles. The van der Waals surface area contributed by atoms with E-state index < -0.39 is 11.8 Å². The Morgan fingerprint density at radius 1 is 1.12 bits per heavy atom. The zero-order chi connectivity index (χ0) is 11.7. The molecular formula is C11H7ClF2N2. The van der Waals surface area contributed by atoms with Crippen molar-refractivity contribution in [3.05, 3.63) is 47.2 Å². The number of benzene rings is 1. The summed E-state index contributed by atoms with van der Waals surface area (Å²) in [6, 6.07) is 5.31. The van der Waals surface area contributed by atoms with Gasteiger partial charge in [0.15, 0.2) is 0 Å². The van der Waals surface area contributed by atoms with Crippen molar-refractivity contribution in [2.45, 2.75) is 0 Å². The number of halogens is 3. The smallest absolute Gasteiger partial charge is 0.220 e. The lowest BCUT2D eigenvalue weighted by molar-refractivity contribution is 0.583. The van der Waals surface area contributed by atoms with Crippen LogP contribution < -0.4 is 5.73 Å². The van der Waals surface area contributed by atoms with Gasteiger partial charge in [0, 0.05) is 23.0 Å². The third kappa shape index (κ3) is 1.97. The molecular weight excluding hydrogens is 234 g/mol. The topological polar surface area (TPSA) is 38.9 Å². The van der Waals surface area contributed by atoms with Crippen molar-refractivity contribution >= 4 is 17.3 Å². The maximum absolute atomic E-state index is 13.5. The lowest BCUT2D eigenvalue weighted by Gasteiger charge is -2.05. The second kappa shape index (κ2) is 4.06. The van der Waals surface area contributed by atoms with Gasteiger partial charge >= 0.3 is 0 Å². The van der Waals surface area contributed by atoms with E-state index in [0.29, 0.717) is 0 Å². The first-order chi connectivity index (χ1) is 7.58. The maximum atomic E-state index is 13.5. The lowest BCUT2D eigenvalue weighted by atomic mass is 10.1. The van der Waals surface area contributed by atoms with Gasteiger partial charge in [-0.1, -0.05) is 11.6 Å². The summed E-state index contributed by atoms with van der Waals surface area (Å²) < 4.78 is 26.9. The molecule has 0 atom stereocenters. The SMILES string of the molecule is Nc1ccc(-c2cc(Cl)cnc2F)c(F)c1. The fraction of sp³-hybridized carbons (Fsp3) is 0. The van der Waals surface area contributed by atoms with Crippen LogP contribution in [0.1, 0.15) is 0 Å². The highest BCUT2D eigenvalue weighted by molar-refractivity contribution is 6.30. The molecule has 0 fully saturated rings. The molecule has 2 N–H and O–H groups in total. The van der Waals surface area contributed by atoms with Crippen LogP contribution in [0.2, 0.25) is 5.02 Å². The first-order valence-electron chi connectivity index (χ1n) is 4.44. The van der Waals surface area contributed by atoms with Crippen LogP contribution >= 0.6 is 11.6 Å². The second-order valence-corrected chi connectivity index (χ2v) is 3.67. The van der Waals surface area contributed by atoms with Gasteiger partial charge in [-0.15, -0.1) is 0 Å². The van der Waals surface area contributed by atoms with Crippen molar-refractivity contribution in [3.63, 3.8) is 0 Å². The lowest BCUT2D eigenvalue weighted by Crippen LogP contribution is -1.93. The van der Waals surface area contributed by atoms with Crippen LogP contribution in [-0.4, -0.2) is 4.98 Å². The summed E-state index contributed by atoms with van der Waals surface area (Å²) in [6.07, 6.45) is 1.16. The highest BCUT2D eigenvalue weighted by Gasteiger charge is 2.11. The van der Waals surface area contributed by atoms with Crippen molar-refractivity contribution in [2.24, 2.45) is 0 Å². The van der Waals surface area contributed by atoms with E-state index >= 15 is 0 Å². The van der Waals surface area contributed by atoms with Crippen molar-refractivity contribution in [3.8, 4) is 11.1 Å². The van der Waals surface area contributed by atoms with Gasteiger partial charge in [0.25, 0.3) is 0 Å². The molecule has 0 unspecified atom stereocenters. The van der Waals surface area contributed by atoms with Crippen molar-refractivity contribution in [2.75, 3.05) is 5.73 Å². The molecule has 5 heteroatoms. The molecule has 0 spiro atoms. The molecule has 0 saturated carbocycles. The fourth-order valence-corrected chi connectivity index (χ4v) is 1.52. The standard InChI is InChI=1S/C11H7ClF2N2/c12-6-3-9(11(14)16-5-6)8-2-1-7(15)4-10(8)13/h1-5H,15H2. The van der Waals surface area contributed by atoms with Crippen molar-refractivity contribution in [1.82, 2.24) is 4.98 Å². The number of nitrogen functional groups attached to an aromatic ring is 1. The predicted molar refractivity (Wildman–Crippen MR) is 59.0 cm³/mol. The monoisotopic (exact) mass is 240 g/mol. The Bertz CT molecular complexity index is 544. The van der Waals surface area contributed by atoms with Crippen LogP contribution in [0.3, 0.4) is 0 Å². The average molecular weight is 241 g/mol. The fourth-order valence-electron chi connectivity index (χ4n) is 1.36. The molecule has 0 aliphatic carbocycles. The van der Waals surface area contributed by atoms with E-state index in [1.54, 1.807) is 0 Å². The van der Waals surface area contributed by atoms with E-state index in [4.69, 9.17) is 17.3 Å². The van der Waals surface area contributed by atoms with E-state index in [-0.39, 0.29) is 21.8 Å². The van der Waals surface area contributed by atoms with Gasteiger partial charge in [0.2, 0.25) is 5.95 Å². The molecule has 0 aliphatic heterocycles. The number of hydrogen-bond donors (Lipinski definition) is 1. The summed E-state index contributed by atoms with van der Waals surface area (Å²) in [5.41, 5.74) is 5.78. The normalized spacial score (nSPS) is 10.4. The number of pyridine rings is 1. The molecule has 16 heavy (non-hydrogen) atoms. The summed E-state index contributed by atoms with van der Waals surface area (Å²) >= 11 is 5.67. The number of nitrogens with two attached hydrogens (primary N) is 1. The van der Waals surface area contributed by atoms with Crippen LogP contribution in [0.4, 0.5) is 14.5 Å². The van der Waals surface area contributed by atoms with Gasteiger partial charge in [0.1, 0.15) is 5.82 Å². The first-order valence-corrected chi connectivity index (χ1v) is 4.82. The molecule has 2 rings (SSSR count). The quantitative estimate of drug-likeness (QED) is 0.614. The molecule has 0 aliphatic rings. The van der Waals surface area contributed by atoms with Gasteiger partial charge < -0.3 is 5.73 Å². The molecule has 1 aromatic carbocycles. The number of rotatable bonds is 1. The van der Waals surface area contributed by atoms with Crippen LogP contribution in [0.15, 0.2) is 30.5 Å². The molecule has 2 aromatic rings. The highest BCUT2D eigenvalue weighted by atomic mass is 35.5. The van der Waals surface area contributed by atoms with Crippen LogP contribution in [0.5, 0.6) is 0 Å². The third-order valence-corrected chi connectivity index (χ3v) is 2.30. The zero-order valence-corrected chi connectivity index (χ0v) is 8.80. The van der Waals surface area contributed by atoms with Crippen molar-refractivity contribution in [1.29, 1.82) is 0 Å². The van der Waals surface area contributed by atoms with Gasteiger partial charge in [0.05, 0.1) is 5.02 Å². The van der Waals surface area contributed by atoms with E-state index in [1.807, 2.05) is 0 Å². The minimum Gasteiger partial charge on any atom is -0.399 e. The summed E-state index contributed by atoms with van der Waals surface area (Å²) in [5, 5.41) is 0.243. The van der Waals surface area contributed by atoms with Crippen LogP contribution in [0, 0.1) is 11.8 Å². The van der Waals surface area contributed by atoms with Crippen LogP contribution in [-0.2, 0) is 0 Å². The average Bonchev–Trinajstić information content (AvgIpc) is 2.22. The van der Waals surface area contributed by atoms with Crippen molar-refractivity contribution < 1.29 is 8.78 Å². The Morgan fingerprint density at radius 2 is 1.88 bits per heavy atom. The maximum Gasteiger partial charge on any atom is 0.220 e. The molecule has 0 bridgehead atoms. The first kappa shape index (κ1) is 10.8. The summed E-state index contributed by atoms with van der Waals surface area (Å²) in [7, 11) is 0. The Kier molecular flexibility index (Phi) is 2.75. The highest BCUT2D eigenvalue weighted by Crippen LogP contribution is 2.27. The molecule has 2 nitrogen and oxygen atoms in total. The minimum absolute atomic E-state index is 0.0185. The number of nitrogens with zero attached hydrogens (tertiary/aromatic N) is 1. The van der Waals surface area contributed by atoms with E-state index in [1.165, 1.54) is 18.2 Å². The Labute approximate surface area is 95.7 Å². The van der Waals surface area contributed by atoms with Gasteiger partial charge in [-0.2, -0.15) is 4.39 Å². The van der Waals surface area contributed by atoms with E-state index in [2.05, 4.69) is 4.98 Å². The van der Waals surface area contributed by atoms with Gasteiger partial charge in [-0.25, -0.2) is 9.37 Å². The number of anilines is 1. The van der Waals surface area contributed by atoms with Gasteiger partial charge in [-0.3, -0.25) is 0 Å². The second-order valence-electron chi connectivity index (χ2n) is 3.23. The Morgan fingerprint density at radius 3 is 2.56 bits per heavy atom. The molecule has 0 radical (unpaired) electrons. The molecule has 0 saturated heterocycles. The molecule has 82 valence electrons. The third-order valence-electron chi connectivity index (χ3n) is 2.09. The van der Waals surface area contributed by atoms with E-state index in [0.717, 1.165) is 12.3 Å². The van der Waals surface area contributed by atoms with E-state index in [9.17, 15) is 8.78 Å². The zero-order valence-electron chi connectivity index (χ0n) is 8.05. The Balaban J connectivity index is 2.62. The number of aromatic nitrogens is 1. The molecule has 0 amide bonds. The minimum atomic E-state index is -0.770. The Hall–Kier alpha value is -1.68. The molecule has 1 heterocycles. The summed E-state index contributed by atoms with van der Waals surface area (Å²) in [4.78, 5) is 3.42. The predicted octanol–water partition coefficient (Wildman–Crippen LogP) is 3.26. The number of hydrogen-bond acceptors (Lipinski definition) is 2. The summed E-state index contributed by atoms with van der Waals surface area (Å²) in [5.74, 6) is -1.38. The summed E-state index contributed by atoms with van der Waals surface area (Å²) in [6.45, 7) is 0.